The molecule has 1 spiro atoms. The molecule has 2 rings (SSSR count). The lowest BCUT2D eigenvalue weighted by molar-refractivity contribution is -0.159. The molecule has 0 aromatic carbocycles. The van der Waals surface area contributed by atoms with Gasteiger partial charge in [0, 0.05) is 25.7 Å². The number of nitrogens with one attached hydrogen (secondary N) is 3. The second-order valence-corrected chi connectivity index (χ2v) is 7.78. The molecule has 0 aliphatic carbocycles. The van der Waals surface area contributed by atoms with Crippen molar-refractivity contribution in [1.82, 2.24) is 16.0 Å². The van der Waals surface area contributed by atoms with Gasteiger partial charge in [-0.15, -0.1) is 0 Å². The first-order chi connectivity index (χ1) is 12.5. The molecule has 2 fully saturated rings. The van der Waals surface area contributed by atoms with Crippen molar-refractivity contribution >= 4 is 18.0 Å². The van der Waals surface area contributed by atoms with E-state index in [1.165, 1.54) is 0 Å². The summed E-state index contributed by atoms with van der Waals surface area (Å²) in [7, 11) is 0. The molecule has 0 radical (unpaired) electrons. The number of hydrogen-bond donors (Lipinski definition) is 5. The maximum atomic E-state index is 11.5. The van der Waals surface area contributed by atoms with E-state index >= 15 is 0 Å². The van der Waals surface area contributed by atoms with Gasteiger partial charge in [-0.1, -0.05) is 6.42 Å². The largest absolute Gasteiger partial charge is 0.473 e. The Hall–Kier alpha value is -1.91. The molecule has 27 heavy (non-hydrogen) atoms. The average molecular weight is 389 g/mol. The van der Waals surface area contributed by atoms with E-state index in [1.807, 2.05) is 20.8 Å². The predicted molar refractivity (Wildman–Crippen MR) is 96.7 cm³/mol. The quantitative estimate of drug-likeness (QED) is 0.328. The fourth-order valence-electron chi connectivity index (χ4n) is 2.75. The van der Waals surface area contributed by atoms with Crippen LogP contribution in [0.4, 0.5) is 4.79 Å². The Morgan fingerprint density at radius 2 is 1.81 bits per heavy atom. The summed E-state index contributed by atoms with van der Waals surface area (Å²) in [5.41, 5.74) is -0.251. The van der Waals surface area contributed by atoms with Gasteiger partial charge in [-0.25, -0.2) is 14.4 Å². The summed E-state index contributed by atoms with van der Waals surface area (Å²) < 4.78 is 10.5. The Balaban J connectivity index is 0.000000527. The molecule has 2 heterocycles. The Morgan fingerprint density at radius 1 is 1.19 bits per heavy atom. The Labute approximate surface area is 159 Å². The van der Waals surface area contributed by atoms with Crippen LogP contribution in [0.25, 0.3) is 0 Å². The topological polar surface area (TPSA) is 146 Å². The number of ether oxygens (including phenoxy) is 2. The molecule has 0 bridgehead atoms. The minimum Gasteiger partial charge on any atom is -0.473 e. The highest BCUT2D eigenvalue weighted by Gasteiger charge is 2.41. The van der Waals surface area contributed by atoms with Crippen molar-refractivity contribution in [2.45, 2.75) is 57.2 Å². The van der Waals surface area contributed by atoms with Crippen LogP contribution in [-0.2, 0) is 19.1 Å². The second kappa shape index (κ2) is 10.4. The van der Waals surface area contributed by atoms with Crippen molar-refractivity contribution < 1.29 is 34.1 Å². The van der Waals surface area contributed by atoms with E-state index in [9.17, 15) is 4.79 Å². The summed E-state index contributed by atoms with van der Waals surface area (Å²) in [5.74, 6) is -3.65. The third-order valence-electron chi connectivity index (χ3n) is 3.95. The van der Waals surface area contributed by atoms with Crippen molar-refractivity contribution in [3.63, 3.8) is 0 Å². The molecule has 10 heteroatoms. The summed E-state index contributed by atoms with van der Waals surface area (Å²) >= 11 is 0. The maximum absolute atomic E-state index is 11.5. The van der Waals surface area contributed by atoms with Crippen LogP contribution < -0.4 is 16.0 Å². The molecule has 5 N–H and O–H groups in total. The highest BCUT2D eigenvalue weighted by molar-refractivity contribution is 6.27. The zero-order chi connectivity index (χ0) is 20.5. The molecule has 1 amide bonds. The number of hydrogen-bond acceptors (Lipinski definition) is 7. The average Bonchev–Trinajstić information content (AvgIpc) is 2.52. The molecule has 0 aromatic rings. The molecular formula is C17H31N3O7. The molecule has 0 unspecified atom stereocenters. The zero-order valence-electron chi connectivity index (χ0n) is 16.2. The highest BCUT2D eigenvalue weighted by atomic mass is 16.6. The lowest BCUT2D eigenvalue weighted by Crippen LogP contribution is -2.72. The van der Waals surface area contributed by atoms with Crippen LogP contribution in [0.3, 0.4) is 0 Å². The van der Waals surface area contributed by atoms with Crippen molar-refractivity contribution in [2.24, 2.45) is 0 Å². The first kappa shape index (κ1) is 23.1. The minimum atomic E-state index is -1.82. The summed E-state index contributed by atoms with van der Waals surface area (Å²) in [6.07, 6.45) is 2.85. The minimum absolute atomic E-state index is 0.178. The van der Waals surface area contributed by atoms with E-state index in [-0.39, 0.29) is 11.6 Å². The van der Waals surface area contributed by atoms with E-state index in [0.29, 0.717) is 12.6 Å². The van der Waals surface area contributed by atoms with Gasteiger partial charge in [-0.3, -0.25) is 0 Å². The van der Waals surface area contributed by atoms with Crippen molar-refractivity contribution in [2.75, 3.05) is 32.8 Å². The number of rotatable bonds is 5. The molecule has 0 aromatic heterocycles. The fourth-order valence-corrected chi connectivity index (χ4v) is 2.75. The number of carbonyl (C=O) groups is 3. The van der Waals surface area contributed by atoms with Crippen LogP contribution in [-0.4, -0.2) is 78.3 Å². The number of unbranched alkanes of at least 4 members (excludes halogenated alkanes) is 1. The van der Waals surface area contributed by atoms with E-state index in [0.717, 1.165) is 45.6 Å². The van der Waals surface area contributed by atoms with Crippen molar-refractivity contribution in [3.05, 3.63) is 0 Å². The number of carboxylic acid groups (broad SMARTS) is 2. The molecule has 0 saturated carbocycles. The molecule has 10 nitrogen and oxygen atoms in total. The molecule has 2 aliphatic rings. The van der Waals surface area contributed by atoms with Gasteiger partial charge in [-0.2, -0.15) is 0 Å². The van der Waals surface area contributed by atoms with Gasteiger partial charge in [0.25, 0.3) is 0 Å². The molecule has 1 atom stereocenters. The summed E-state index contributed by atoms with van der Waals surface area (Å²) in [6, 6.07) is 0.504. The number of alkyl carbamates (subject to hydrolysis) is 1. The van der Waals surface area contributed by atoms with Gasteiger partial charge in [-0.05, 0) is 33.6 Å². The van der Waals surface area contributed by atoms with Gasteiger partial charge < -0.3 is 35.6 Å². The molecule has 2 aliphatic heterocycles. The molecule has 156 valence electrons. The van der Waals surface area contributed by atoms with Crippen LogP contribution in [0, 0.1) is 0 Å². The van der Waals surface area contributed by atoms with Gasteiger partial charge >= 0.3 is 18.0 Å². The molecular weight excluding hydrogens is 358 g/mol. The SMILES string of the molecule is CC(C)(C)OC(=O)NCCCC[C@H]1CNCC2(COC2)N1.O=C(O)C(=O)O. The Kier molecular flexibility index (Phi) is 8.94. The first-order valence-electron chi connectivity index (χ1n) is 9.02. The van der Waals surface area contributed by atoms with Gasteiger partial charge in [0.15, 0.2) is 0 Å². The van der Waals surface area contributed by atoms with Gasteiger partial charge in [0.05, 0.1) is 18.8 Å². The number of piperazine rings is 1. The van der Waals surface area contributed by atoms with Crippen LogP contribution in [0.1, 0.15) is 40.0 Å². The van der Waals surface area contributed by atoms with Crippen LogP contribution >= 0.6 is 0 Å². The van der Waals surface area contributed by atoms with Gasteiger partial charge in [0.1, 0.15) is 5.60 Å². The third kappa shape index (κ3) is 9.55. The lowest BCUT2D eigenvalue weighted by atomic mass is 9.92. The summed E-state index contributed by atoms with van der Waals surface area (Å²) in [6.45, 7) is 9.93. The van der Waals surface area contributed by atoms with Crippen LogP contribution in [0.2, 0.25) is 0 Å². The summed E-state index contributed by atoms with van der Waals surface area (Å²) in [5, 5.41) is 24.8. The number of amides is 1. The van der Waals surface area contributed by atoms with E-state index in [4.69, 9.17) is 29.3 Å². The zero-order valence-corrected chi connectivity index (χ0v) is 16.2. The highest BCUT2D eigenvalue weighted by Crippen LogP contribution is 2.20. The van der Waals surface area contributed by atoms with Crippen molar-refractivity contribution in [1.29, 1.82) is 0 Å². The monoisotopic (exact) mass is 389 g/mol. The van der Waals surface area contributed by atoms with E-state index < -0.39 is 17.5 Å². The Morgan fingerprint density at radius 3 is 2.30 bits per heavy atom. The normalized spacial score (nSPS) is 20.6. The van der Waals surface area contributed by atoms with Crippen LogP contribution in [0.5, 0.6) is 0 Å². The predicted octanol–water partition coefficient (Wildman–Crippen LogP) is 0.167. The summed E-state index contributed by atoms with van der Waals surface area (Å²) in [4.78, 5) is 29.7. The van der Waals surface area contributed by atoms with E-state index in [2.05, 4.69) is 16.0 Å². The van der Waals surface area contributed by atoms with Crippen LogP contribution in [0.15, 0.2) is 0 Å². The number of aliphatic carboxylic acids is 2. The molecule has 2 saturated heterocycles. The number of carbonyl (C=O) groups excluding carboxylic acids is 1. The lowest BCUT2D eigenvalue weighted by Gasteiger charge is -2.48. The Bertz CT molecular complexity index is 503. The fraction of sp³-hybridized carbons (Fsp3) is 0.824. The smallest absolute Gasteiger partial charge is 0.414 e. The first-order valence-corrected chi connectivity index (χ1v) is 9.02. The van der Waals surface area contributed by atoms with Crippen molar-refractivity contribution in [3.8, 4) is 0 Å². The van der Waals surface area contributed by atoms with Gasteiger partial charge in [0.2, 0.25) is 0 Å². The standard InChI is InChI=1S/C15H29N3O3.C2H2O4/c1-14(2,3)21-13(19)17-7-5-4-6-12-8-16-9-15(18-12)10-20-11-15;3-1(4)2(5)6/h12,16,18H,4-11H2,1-3H3,(H,17,19);(H,3,4)(H,5,6)/t12-;/m0./s1. The third-order valence-corrected chi connectivity index (χ3v) is 3.95. The van der Waals surface area contributed by atoms with E-state index in [1.54, 1.807) is 0 Å². The maximum Gasteiger partial charge on any atom is 0.414 e. The second-order valence-electron chi connectivity index (χ2n) is 7.78. The number of carboxylic acids is 2.